The number of hydrogen-bond acceptors (Lipinski definition) is 12. The van der Waals surface area contributed by atoms with Crippen molar-refractivity contribution in [3.63, 3.8) is 0 Å². The maximum absolute atomic E-state index is 12.9. The molecule has 0 aliphatic heterocycles. The fourth-order valence-corrected chi connectivity index (χ4v) is 6.33. The minimum absolute atomic E-state index is 0.155. The summed E-state index contributed by atoms with van der Waals surface area (Å²) in [6.07, 6.45) is 17.5. The number of ether oxygens (including phenoxy) is 6. The second-order valence-corrected chi connectivity index (χ2v) is 15.2. The molecular formula is C49H68O12. The Labute approximate surface area is 362 Å². The molecule has 0 aromatic heterocycles. The summed E-state index contributed by atoms with van der Waals surface area (Å²) in [4.78, 5) is 49.1. The zero-order valence-corrected chi connectivity index (χ0v) is 36.2. The number of aryl methyl sites for hydroxylation is 1. The van der Waals surface area contributed by atoms with E-state index in [9.17, 15) is 19.2 Å². The van der Waals surface area contributed by atoms with E-state index in [0.29, 0.717) is 79.0 Å². The van der Waals surface area contributed by atoms with Gasteiger partial charge in [-0.05, 0) is 131 Å². The number of esters is 4. The van der Waals surface area contributed by atoms with E-state index in [2.05, 4.69) is 0 Å². The first-order valence-corrected chi connectivity index (χ1v) is 22.3. The quantitative estimate of drug-likeness (QED) is 0.0333. The predicted octanol–water partition coefficient (Wildman–Crippen LogP) is 10.1. The molecule has 61 heavy (non-hydrogen) atoms. The second kappa shape index (κ2) is 31.9. The Bertz CT molecular complexity index is 1670. The Hall–Kier alpha value is -4.94. The zero-order valence-electron chi connectivity index (χ0n) is 36.2. The predicted molar refractivity (Wildman–Crippen MR) is 233 cm³/mol. The van der Waals surface area contributed by atoms with Gasteiger partial charge in [0, 0.05) is 26.1 Å². The van der Waals surface area contributed by atoms with Crippen LogP contribution in [-0.2, 0) is 19.1 Å². The van der Waals surface area contributed by atoms with Crippen LogP contribution >= 0.6 is 0 Å². The van der Waals surface area contributed by atoms with Crippen molar-refractivity contribution >= 4 is 23.9 Å². The van der Waals surface area contributed by atoms with Crippen molar-refractivity contribution in [3.8, 4) is 23.0 Å². The molecule has 0 unspecified atom stereocenters. The van der Waals surface area contributed by atoms with Crippen LogP contribution in [0.2, 0.25) is 0 Å². The normalized spacial score (nSPS) is 10.9. The van der Waals surface area contributed by atoms with Crippen molar-refractivity contribution in [1.82, 2.24) is 0 Å². The third-order valence-electron chi connectivity index (χ3n) is 9.96. The molecule has 12 nitrogen and oxygen atoms in total. The van der Waals surface area contributed by atoms with Crippen LogP contribution < -0.4 is 18.9 Å². The first-order valence-electron chi connectivity index (χ1n) is 22.3. The van der Waals surface area contributed by atoms with Gasteiger partial charge in [-0.2, -0.15) is 0 Å². The third kappa shape index (κ3) is 23.0. The summed E-state index contributed by atoms with van der Waals surface area (Å²) < 4.78 is 33.4. The van der Waals surface area contributed by atoms with E-state index in [4.69, 9.17) is 38.6 Å². The molecule has 0 atom stereocenters. The molecule has 0 aliphatic rings. The smallest absolute Gasteiger partial charge is 0.343 e. The van der Waals surface area contributed by atoms with Gasteiger partial charge in [0.2, 0.25) is 0 Å². The lowest BCUT2D eigenvalue weighted by molar-refractivity contribution is -0.144. The minimum atomic E-state index is -0.514. The van der Waals surface area contributed by atoms with Crippen molar-refractivity contribution in [2.45, 2.75) is 135 Å². The number of aliphatic hydroxyl groups is 2. The summed E-state index contributed by atoms with van der Waals surface area (Å²) in [6.45, 7) is 4.19. The molecule has 0 saturated heterocycles. The van der Waals surface area contributed by atoms with E-state index in [-0.39, 0.29) is 25.2 Å². The lowest BCUT2D eigenvalue weighted by Gasteiger charge is -2.11. The van der Waals surface area contributed by atoms with Gasteiger partial charge in [-0.1, -0.05) is 64.2 Å². The van der Waals surface area contributed by atoms with Gasteiger partial charge in [-0.3, -0.25) is 9.59 Å². The molecule has 2 N–H and O–H groups in total. The van der Waals surface area contributed by atoms with Crippen LogP contribution in [0.15, 0.2) is 66.7 Å². The maximum atomic E-state index is 12.9. The molecule has 0 heterocycles. The van der Waals surface area contributed by atoms with E-state index in [0.717, 1.165) is 116 Å². The van der Waals surface area contributed by atoms with Crippen molar-refractivity contribution < 1.29 is 57.8 Å². The summed E-state index contributed by atoms with van der Waals surface area (Å²) in [5, 5.41) is 17.6. The number of benzene rings is 3. The van der Waals surface area contributed by atoms with Crippen LogP contribution in [0, 0.1) is 6.92 Å². The molecule has 12 heteroatoms. The lowest BCUT2D eigenvalue weighted by atomic mass is 10.1. The molecule has 0 spiro atoms. The first-order chi connectivity index (χ1) is 29.8. The SMILES string of the molecule is Cc1cc(OC(=O)c2ccc(OCCCCCCCCOC(=O)CCCCCO)cc2)ccc1OC(=O)c1ccc(OCCCCCCCCOC(=O)CCCCCO)cc1. The number of aliphatic hydroxyl groups excluding tert-OH is 2. The van der Waals surface area contributed by atoms with E-state index >= 15 is 0 Å². The number of carbonyl (C=O) groups excluding carboxylic acids is 4. The monoisotopic (exact) mass is 848 g/mol. The molecule has 3 aromatic carbocycles. The van der Waals surface area contributed by atoms with Gasteiger partial charge in [0.1, 0.15) is 23.0 Å². The van der Waals surface area contributed by atoms with E-state index in [1.165, 1.54) is 0 Å². The van der Waals surface area contributed by atoms with Crippen LogP contribution in [0.3, 0.4) is 0 Å². The number of unbranched alkanes of at least 4 members (excludes halogenated alkanes) is 14. The van der Waals surface area contributed by atoms with Gasteiger partial charge >= 0.3 is 23.9 Å². The molecule has 336 valence electrons. The summed E-state index contributed by atoms with van der Waals surface area (Å²) in [6, 6.07) is 18.5. The van der Waals surface area contributed by atoms with Crippen molar-refractivity contribution in [2.24, 2.45) is 0 Å². The van der Waals surface area contributed by atoms with Crippen LogP contribution in [0.5, 0.6) is 23.0 Å². The van der Waals surface area contributed by atoms with Crippen LogP contribution in [0.4, 0.5) is 0 Å². The summed E-state index contributed by atoms with van der Waals surface area (Å²) >= 11 is 0. The summed E-state index contributed by atoms with van der Waals surface area (Å²) in [5.74, 6) is 0.706. The van der Waals surface area contributed by atoms with Gasteiger partial charge in [0.05, 0.1) is 37.6 Å². The molecule has 0 saturated carbocycles. The molecule has 0 fully saturated rings. The lowest BCUT2D eigenvalue weighted by Crippen LogP contribution is -2.10. The summed E-state index contributed by atoms with van der Waals surface area (Å²) in [7, 11) is 0. The van der Waals surface area contributed by atoms with Crippen LogP contribution in [0.25, 0.3) is 0 Å². The van der Waals surface area contributed by atoms with E-state index in [1.807, 2.05) is 0 Å². The highest BCUT2D eigenvalue weighted by Gasteiger charge is 2.14. The summed E-state index contributed by atoms with van der Waals surface area (Å²) in [5.41, 5.74) is 1.40. The molecule has 0 bridgehead atoms. The topological polar surface area (TPSA) is 164 Å². The Morgan fingerprint density at radius 1 is 0.426 bits per heavy atom. The Morgan fingerprint density at radius 3 is 1.23 bits per heavy atom. The highest BCUT2D eigenvalue weighted by Crippen LogP contribution is 2.26. The molecule has 3 aromatic rings. The van der Waals surface area contributed by atoms with Gasteiger partial charge in [0.15, 0.2) is 0 Å². The molecule has 0 aliphatic carbocycles. The van der Waals surface area contributed by atoms with E-state index < -0.39 is 11.9 Å². The minimum Gasteiger partial charge on any atom is -0.494 e. The van der Waals surface area contributed by atoms with Crippen molar-refractivity contribution in [3.05, 3.63) is 83.4 Å². The fraction of sp³-hybridized carbons (Fsp3) is 0.551. The standard InChI is InChI=1S/C49H68O12/c1-39-38-44(60-48(54)40-22-26-42(27-23-40)56-34-16-6-2-4-8-18-36-58-46(52)20-12-10-14-32-50)30-31-45(39)61-49(55)41-24-28-43(29-25-41)57-35-17-7-3-5-9-19-37-59-47(53)21-13-11-15-33-51/h22-31,38,50-51H,2-21,32-37H2,1H3. The molecular weight excluding hydrogens is 781 g/mol. The number of carbonyl (C=O) groups is 4. The largest absolute Gasteiger partial charge is 0.494 e. The van der Waals surface area contributed by atoms with Gasteiger partial charge in [-0.25, -0.2) is 9.59 Å². The highest BCUT2D eigenvalue weighted by atomic mass is 16.5. The highest BCUT2D eigenvalue weighted by molar-refractivity contribution is 5.92. The molecule has 0 radical (unpaired) electrons. The fourth-order valence-electron chi connectivity index (χ4n) is 6.33. The average Bonchev–Trinajstić information content (AvgIpc) is 3.26. The molecule has 0 amide bonds. The van der Waals surface area contributed by atoms with Crippen LogP contribution in [0.1, 0.15) is 155 Å². The molecule has 3 rings (SSSR count). The maximum Gasteiger partial charge on any atom is 0.343 e. The van der Waals surface area contributed by atoms with Crippen molar-refractivity contribution in [1.29, 1.82) is 0 Å². The van der Waals surface area contributed by atoms with Crippen LogP contribution in [-0.4, -0.2) is 73.7 Å². The van der Waals surface area contributed by atoms with Gasteiger partial charge in [-0.15, -0.1) is 0 Å². The number of hydrogen-bond donors (Lipinski definition) is 2. The van der Waals surface area contributed by atoms with Crippen molar-refractivity contribution in [2.75, 3.05) is 39.6 Å². The Morgan fingerprint density at radius 2 is 0.803 bits per heavy atom. The van der Waals surface area contributed by atoms with E-state index in [1.54, 1.807) is 73.7 Å². The zero-order chi connectivity index (χ0) is 43.8. The Balaban J connectivity index is 1.23. The average molecular weight is 849 g/mol. The number of rotatable bonds is 34. The van der Waals surface area contributed by atoms with Gasteiger partial charge < -0.3 is 38.6 Å². The third-order valence-corrected chi connectivity index (χ3v) is 9.96. The second-order valence-electron chi connectivity index (χ2n) is 15.2. The Kier molecular flexibility index (Phi) is 26.3. The first kappa shape index (κ1) is 50.4. The van der Waals surface area contributed by atoms with Gasteiger partial charge in [0.25, 0.3) is 0 Å².